The number of rotatable bonds is 3. The van der Waals surface area contributed by atoms with Crippen molar-refractivity contribution in [2.24, 2.45) is 0 Å². The van der Waals surface area contributed by atoms with E-state index < -0.39 is 5.97 Å². The van der Waals surface area contributed by atoms with Crippen LogP contribution in [0.4, 0.5) is 0 Å². The molecule has 0 aliphatic rings. The molecule has 2 rings (SSSR count). The third-order valence-electron chi connectivity index (χ3n) is 2.91. The molecule has 0 amide bonds. The zero-order chi connectivity index (χ0) is 13.3. The summed E-state index contributed by atoms with van der Waals surface area (Å²) in [7, 11) is 3.16. The third-order valence-corrected chi connectivity index (χ3v) is 2.91. The van der Waals surface area contributed by atoms with Gasteiger partial charge in [-0.25, -0.2) is 4.79 Å². The molecule has 0 spiro atoms. The monoisotopic (exact) mass is 246 g/mol. The van der Waals surface area contributed by atoms with E-state index in [2.05, 4.69) is 0 Å². The van der Waals surface area contributed by atoms with Gasteiger partial charge in [-0.2, -0.15) is 0 Å². The Labute approximate surface area is 105 Å². The fourth-order valence-corrected chi connectivity index (χ4v) is 2.07. The fourth-order valence-electron chi connectivity index (χ4n) is 2.07. The smallest absolute Gasteiger partial charge is 0.335 e. The second-order valence-corrected chi connectivity index (χ2v) is 3.99. The van der Waals surface area contributed by atoms with Gasteiger partial charge in [-0.1, -0.05) is 0 Å². The van der Waals surface area contributed by atoms with E-state index in [0.29, 0.717) is 5.75 Å². The zero-order valence-corrected chi connectivity index (χ0v) is 10.5. The standard InChI is InChI=1S/C14H14O4/c1-8-6-12(17-2)11-7-9(14(15)16)4-5-10(11)13(8)18-3/h4-7H,1-3H3,(H,15,16). The van der Waals surface area contributed by atoms with Gasteiger partial charge in [-0.15, -0.1) is 0 Å². The second-order valence-electron chi connectivity index (χ2n) is 3.99. The van der Waals surface area contributed by atoms with Crippen molar-refractivity contribution in [3.05, 3.63) is 35.4 Å². The first-order chi connectivity index (χ1) is 8.58. The van der Waals surface area contributed by atoms with Crippen molar-refractivity contribution < 1.29 is 19.4 Å². The van der Waals surface area contributed by atoms with Gasteiger partial charge in [0, 0.05) is 10.8 Å². The normalized spacial score (nSPS) is 10.4. The minimum absolute atomic E-state index is 0.228. The largest absolute Gasteiger partial charge is 0.496 e. The lowest BCUT2D eigenvalue weighted by molar-refractivity contribution is 0.0697. The third kappa shape index (κ3) is 1.86. The molecule has 4 nitrogen and oxygen atoms in total. The predicted molar refractivity (Wildman–Crippen MR) is 68.7 cm³/mol. The molecule has 0 saturated carbocycles. The van der Waals surface area contributed by atoms with E-state index in [1.165, 1.54) is 0 Å². The molecule has 4 heteroatoms. The number of hydrogen-bond acceptors (Lipinski definition) is 3. The number of fused-ring (bicyclic) bond motifs is 1. The van der Waals surface area contributed by atoms with Crippen LogP contribution in [0.15, 0.2) is 24.3 Å². The molecule has 0 saturated heterocycles. The van der Waals surface area contributed by atoms with Crippen LogP contribution in [0.3, 0.4) is 0 Å². The molecule has 0 unspecified atom stereocenters. The summed E-state index contributed by atoms with van der Waals surface area (Å²) in [6.07, 6.45) is 0. The van der Waals surface area contributed by atoms with Crippen LogP contribution in [-0.2, 0) is 0 Å². The number of carboxylic acids is 1. The van der Waals surface area contributed by atoms with Gasteiger partial charge in [0.2, 0.25) is 0 Å². The van der Waals surface area contributed by atoms with Crippen molar-refractivity contribution in [1.82, 2.24) is 0 Å². The average Bonchev–Trinajstić information content (AvgIpc) is 2.37. The Morgan fingerprint density at radius 3 is 2.39 bits per heavy atom. The first-order valence-electron chi connectivity index (χ1n) is 5.47. The number of carbonyl (C=O) groups is 1. The lowest BCUT2D eigenvalue weighted by Gasteiger charge is -2.13. The topological polar surface area (TPSA) is 55.8 Å². The van der Waals surface area contributed by atoms with E-state index in [0.717, 1.165) is 22.1 Å². The summed E-state index contributed by atoms with van der Waals surface area (Å²) >= 11 is 0. The minimum Gasteiger partial charge on any atom is -0.496 e. The number of aromatic carboxylic acids is 1. The van der Waals surface area contributed by atoms with Crippen LogP contribution >= 0.6 is 0 Å². The van der Waals surface area contributed by atoms with E-state index in [1.807, 2.05) is 13.0 Å². The Balaban J connectivity index is 2.84. The van der Waals surface area contributed by atoms with E-state index >= 15 is 0 Å². The highest BCUT2D eigenvalue weighted by atomic mass is 16.5. The Morgan fingerprint density at radius 2 is 1.83 bits per heavy atom. The van der Waals surface area contributed by atoms with Crippen LogP contribution in [0, 0.1) is 6.92 Å². The maximum absolute atomic E-state index is 11.0. The number of benzene rings is 2. The summed E-state index contributed by atoms with van der Waals surface area (Å²) in [6.45, 7) is 1.92. The van der Waals surface area contributed by atoms with Gasteiger partial charge in [0.05, 0.1) is 19.8 Å². The van der Waals surface area contributed by atoms with Gasteiger partial charge < -0.3 is 14.6 Å². The minimum atomic E-state index is -0.960. The van der Waals surface area contributed by atoms with Crippen molar-refractivity contribution >= 4 is 16.7 Å². The molecule has 2 aromatic carbocycles. The molecule has 0 atom stereocenters. The SMILES string of the molecule is COc1cc(C)c(OC)c2ccc(C(=O)O)cc12. The Bertz CT molecular complexity index is 617. The Kier molecular flexibility index (Phi) is 3.10. The maximum Gasteiger partial charge on any atom is 0.335 e. The van der Waals surface area contributed by atoms with Crippen molar-refractivity contribution in [3.63, 3.8) is 0 Å². The van der Waals surface area contributed by atoms with Crippen LogP contribution < -0.4 is 9.47 Å². The predicted octanol–water partition coefficient (Wildman–Crippen LogP) is 2.86. The fraction of sp³-hybridized carbons (Fsp3) is 0.214. The molecule has 0 heterocycles. The van der Waals surface area contributed by atoms with E-state index in [9.17, 15) is 4.79 Å². The van der Waals surface area contributed by atoms with Crippen molar-refractivity contribution in [2.75, 3.05) is 14.2 Å². The maximum atomic E-state index is 11.0. The van der Waals surface area contributed by atoms with E-state index in [4.69, 9.17) is 14.6 Å². The summed E-state index contributed by atoms with van der Waals surface area (Å²) in [4.78, 5) is 11.0. The van der Waals surface area contributed by atoms with Crippen molar-refractivity contribution in [2.45, 2.75) is 6.92 Å². The highest BCUT2D eigenvalue weighted by Gasteiger charge is 2.13. The highest BCUT2D eigenvalue weighted by molar-refractivity contribution is 6.00. The molecule has 0 aromatic heterocycles. The van der Waals surface area contributed by atoms with E-state index in [-0.39, 0.29) is 5.56 Å². The number of carboxylic acid groups (broad SMARTS) is 1. The molecule has 18 heavy (non-hydrogen) atoms. The quantitative estimate of drug-likeness (QED) is 0.904. The summed E-state index contributed by atoms with van der Waals surface area (Å²) in [5, 5.41) is 10.6. The molecular formula is C14H14O4. The molecule has 0 bridgehead atoms. The molecule has 0 aliphatic heterocycles. The number of methoxy groups -OCH3 is 2. The summed E-state index contributed by atoms with van der Waals surface area (Å²) < 4.78 is 10.6. The first kappa shape index (κ1) is 12.2. The average molecular weight is 246 g/mol. The molecule has 0 aliphatic carbocycles. The molecule has 94 valence electrons. The van der Waals surface area contributed by atoms with Gasteiger partial charge in [-0.3, -0.25) is 0 Å². The molecular weight excluding hydrogens is 232 g/mol. The summed E-state index contributed by atoms with van der Waals surface area (Å²) in [5.41, 5.74) is 1.18. The van der Waals surface area contributed by atoms with Gasteiger partial charge in [0.1, 0.15) is 11.5 Å². The summed E-state index contributed by atoms with van der Waals surface area (Å²) in [6, 6.07) is 6.74. The van der Waals surface area contributed by atoms with Gasteiger partial charge in [-0.05, 0) is 36.8 Å². The van der Waals surface area contributed by atoms with E-state index in [1.54, 1.807) is 32.4 Å². The Morgan fingerprint density at radius 1 is 1.11 bits per heavy atom. The van der Waals surface area contributed by atoms with Gasteiger partial charge >= 0.3 is 5.97 Å². The van der Waals surface area contributed by atoms with Crippen molar-refractivity contribution in [1.29, 1.82) is 0 Å². The van der Waals surface area contributed by atoms with Crippen LogP contribution in [0.5, 0.6) is 11.5 Å². The lowest BCUT2D eigenvalue weighted by atomic mass is 10.0. The second kappa shape index (κ2) is 4.56. The van der Waals surface area contributed by atoms with Crippen LogP contribution in [-0.4, -0.2) is 25.3 Å². The number of ether oxygens (including phenoxy) is 2. The van der Waals surface area contributed by atoms with Crippen LogP contribution in [0.2, 0.25) is 0 Å². The lowest BCUT2D eigenvalue weighted by Crippen LogP contribution is -1.98. The number of hydrogen-bond donors (Lipinski definition) is 1. The molecule has 0 radical (unpaired) electrons. The first-order valence-corrected chi connectivity index (χ1v) is 5.47. The number of aryl methyl sites for hydroxylation is 1. The molecule has 1 N–H and O–H groups in total. The molecule has 2 aromatic rings. The van der Waals surface area contributed by atoms with Crippen LogP contribution in [0.25, 0.3) is 10.8 Å². The van der Waals surface area contributed by atoms with Crippen LogP contribution in [0.1, 0.15) is 15.9 Å². The summed E-state index contributed by atoms with van der Waals surface area (Å²) in [5.74, 6) is 0.424. The van der Waals surface area contributed by atoms with Gasteiger partial charge in [0.25, 0.3) is 0 Å². The molecule has 0 fully saturated rings. The Hall–Kier alpha value is -2.23. The highest BCUT2D eigenvalue weighted by Crippen LogP contribution is 2.36. The van der Waals surface area contributed by atoms with Gasteiger partial charge in [0.15, 0.2) is 0 Å². The zero-order valence-electron chi connectivity index (χ0n) is 10.5. The van der Waals surface area contributed by atoms with Crippen molar-refractivity contribution in [3.8, 4) is 11.5 Å².